The molecular weight excluding hydrogens is 220 g/mol. The highest BCUT2D eigenvalue weighted by Crippen LogP contribution is 2.18. The number of hydrogen-bond acceptors (Lipinski definition) is 4. The summed E-state index contributed by atoms with van der Waals surface area (Å²) in [4.78, 5) is 22.9. The van der Waals surface area contributed by atoms with Crippen molar-refractivity contribution in [2.75, 3.05) is 0 Å². The Morgan fingerprint density at radius 3 is 2.47 bits per heavy atom. The van der Waals surface area contributed by atoms with Crippen LogP contribution in [0, 0.1) is 0 Å². The van der Waals surface area contributed by atoms with E-state index in [9.17, 15) is 9.59 Å². The lowest BCUT2D eigenvalue weighted by Crippen LogP contribution is -2.42. The lowest BCUT2D eigenvalue weighted by atomic mass is 10.1. The van der Waals surface area contributed by atoms with Gasteiger partial charge in [-0.1, -0.05) is 0 Å². The van der Waals surface area contributed by atoms with Crippen molar-refractivity contribution >= 4 is 11.9 Å². The van der Waals surface area contributed by atoms with Gasteiger partial charge in [-0.15, -0.1) is 0 Å². The maximum absolute atomic E-state index is 11.5. The second kappa shape index (κ2) is 5.49. The van der Waals surface area contributed by atoms with Gasteiger partial charge in [-0.2, -0.15) is 0 Å². The predicted octanol–water partition coefficient (Wildman–Crippen LogP) is 0.714. The lowest BCUT2D eigenvalue weighted by molar-refractivity contribution is -0.155. The molecule has 0 saturated heterocycles. The first-order valence-electron chi connectivity index (χ1n) is 6.06. The summed E-state index contributed by atoms with van der Waals surface area (Å²) in [6, 6.07) is -0.321. The summed E-state index contributed by atoms with van der Waals surface area (Å²) >= 11 is 0. The molecule has 1 aliphatic carbocycles. The molecule has 0 heterocycles. The SMILES string of the molecule is CC(C)(C)OC(=O)CC[C@H](N)C(=O)NC1CC1. The molecule has 1 aliphatic rings. The topological polar surface area (TPSA) is 81.4 Å². The Kier molecular flexibility index (Phi) is 4.51. The van der Waals surface area contributed by atoms with Crippen LogP contribution in [0.4, 0.5) is 0 Å². The van der Waals surface area contributed by atoms with Gasteiger partial charge in [0.15, 0.2) is 0 Å². The highest BCUT2D eigenvalue weighted by molar-refractivity contribution is 5.82. The minimum Gasteiger partial charge on any atom is -0.460 e. The Labute approximate surface area is 102 Å². The van der Waals surface area contributed by atoms with Crippen molar-refractivity contribution in [1.29, 1.82) is 0 Å². The van der Waals surface area contributed by atoms with E-state index in [4.69, 9.17) is 10.5 Å². The molecule has 0 spiro atoms. The van der Waals surface area contributed by atoms with Crippen molar-refractivity contribution in [3.63, 3.8) is 0 Å². The van der Waals surface area contributed by atoms with E-state index in [1.807, 2.05) is 20.8 Å². The molecule has 0 bridgehead atoms. The van der Waals surface area contributed by atoms with Crippen LogP contribution in [-0.2, 0) is 14.3 Å². The Morgan fingerprint density at radius 2 is 2.00 bits per heavy atom. The largest absolute Gasteiger partial charge is 0.460 e. The lowest BCUT2D eigenvalue weighted by Gasteiger charge is -2.20. The van der Waals surface area contributed by atoms with Gasteiger partial charge in [-0.25, -0.2) is 0 Å². The molecule has 0 aliphatic heterocycles. The van der Waals surface area contributed by atoms with Gasteiger partial charge >= 0.3 is 5.97 Å². The zero-order valence-corrected chi connectivity index (χ0v) is 10.8. The van der Waals surface area contributed by atoms with E-state index in [0.717, 1.165) is 12.8 Å². The zero-order valence-electron chi connectivity index (χ0n) is 10.8. The molecule has 0 radical (unpaired) electrons. The minimum atomic E-state index is -0.622. The molecule has 1 amide bonds. The summed E-state index contributed by atoms with van der Waals surface area (Å²) in [7, 11) is 0. The van der Waals surface area contributed by atoms with Crippen molar-refractivity contribution in [2.45, 2.75) is 64.1 Å². The number of ether oxygens (including phenoxy) is 1. The zero-order chi connectivity index (χ0) is 13.1. The van der Waals surface area contributed by atoms with Crippen LogP contribution in [0.15, 0.2) is 0 Å². The van der Waals surface area contributed by atoms with Gasteiger partial charge in [0, 0.05) is 12.5 Å². The van der Waals surface area contributed by atoms with Gasteiger partial charge in [-0.3, -0.25) is 9.59 Å². The van der Waals surface area contributed by atoms with Crippen molar-refractivity contribution in [3.8, 4) is 0 Å². The number of rotatable bonds is 5. The molecule has 17 heavy (non-hydrogen) atoms. The summed E-state index contributed by atoms with van der Waals surface area (Å²) in [5.41, 5.74) is 5.20. The van der Waals surface area contributed by atoms with E-state index < -0.39 is 11.6 Å². The first-order valence-corrected chi connectivity index (χ1v) is 6.06. The monoisotopic (exact) mass is 242 g/mol. The van der Waals surface area contributed by atoms with Crippen molar-refractivity contribution in [3.05, 3.63) is 0 Å². The molecule has 1 rings (SSSR count). The molecule has 5 nitrogen and oxygen atoms in total. The third-order valence-corrected chi connectivity index (χ3v) is 2.34. The van der Waals surface area contributed by atoms with Crippen LogP contribution >= 0.6 is 0 Å². The molecule has 98 valence electrons. The molecular formula is C12H22N2O3. The number of hydrogen-bond donors (Lipinski definition) is 2. The maximum Gasteiger partial charge on any atom is 0.306 e. The fraction of sp³-hybridized carbons (Fsp3) is 0.833. The molecule has 1 saturated carbocycles. The van der Waals surface area contributed by atoms with Crippen LogP contribution in [0.2, 0.25) is 0 Å². The van der Waals surface area contributed by atoms with Crippen LogP contribution < -0.4 is 11.1 Å². The van der Waals surface area contributed by atoms with E-state index in [-0.39, 0.29) is 18.3 Å². The second-order valence-corrected chi connectivity index (χ2v) is 5.51. The average Bonchev–Trinajstić information content (AvgIpc) is 2.95. The third-order valence-electron chi connectivity index (χ3n) is 2.34. The number of esters is 1. The summed E-state index contributed by atoms with van der Waals surface area (Å²) in [6.45, 7) is 5.43. The molecule has 1 atom stereocenters. The number of amides is 1. The molecule has 0 aromatic heterocycles. The Morgan fingerprint density at radius 1 is 1.41 bits per heavy atom. The Balaban J connectivity index is 2.19. The van der Waals surface area contributed by atoms with Gasteiger partial charge in [0.1, 0.15) is 5.60 Å². The minimum absolute atomic E-state index is 0.170. The maximum atomic E-state index is 11.5. The van der Waals surface area contributed by atoms with Crippen molar-refractivity contribution < 1.29 is 14.3 Å². The number of nitrogens with two attached hydrogens (primary N) is 1. The molecule has 0 aromatic rings. The Hall–Kier alpha value is -1.10. The van der Waals surface area contributed by atoms with E-state index >= 15 is 0 Å². The average molecular weight is 242 g/mol. The van der Waals surface area contributed by atoms with Crippen LogP contribution in [0.1, 0.15) is 46.5 Å². The number of carbonyl (C=O) groups excluding carboxylic acids is 2. The second-order valence-electron chi connectivity index (χ2n) is 5.51. The van der Waals surface area contributed by atoms with Gasteiger partial charge in [0.2, 0.25) is 5.91 Å². The summed E-state index contributed by atoms with van der Waals surface area (Å²) in [5, 5.41) is 2.81. The van der Waals surface area contributed by atoms with E-state index in [2.05, 4.69) is 5.32 Å². The molecule has 1 fully saturated rings. The van der Waals surface area contributed by atoms with Gasteiger partial charge in [0.25, 0.3) is 0 Å². The molecule has 0 aromatic carbocycles. The highest BCUT2D eigenvalue weighted by Gasteiger charge is 2.26. The normalized spacial score (nSPS) is 17.4. The van der Waals surface area contributed by atoms with Crippen LogP contribution in [-0.4, -0.2) is 29.6 Å². The molecule has 0 unspecified atom stereocenters. The van der Waals surface area contributed by atoms with Gasteiger partial charge < -0.3 is 15.8 Å². The van der Waals surface area contributed by atoms with E-state index in [1.165, 1.54) is 0 Å². The van der Waals surface area contributed by atoms with E-state index in [1.54, 1.807) is 0 Å². The standard InChI is InChI=1S/C12H22N2O3/c1-12(2,3)17-10(15)7-6-9(13)11(16)14-8-4-5-8/h8-9H,4-7,13H2,1-3H3,(H,14,16)/t9-/m0/s1. The quantitative estimate of drug-likeness (QED) is 0.696. The van der Waals surface area contributed by atoms with Crippen LogP contribution in [0.25, 0.3) is 0 Å². The number of carbonyl (C=O) groups is 2. The smallest absolute Gasteiger partial charge is 0.306 e. The Bertz CT molecular complexity index is 293. The van der Waals surface area contributed by atoms with Crippen molar-refractivity contribution in [1.82, 2.24) is 5.32 Å². The molecule has 3 N–H and O–H groups in total. The fourth-order valence-corrected chi connectivity index (χ4v) is 1.33. The fourth-order valence-electron chi connectivity index (χ4n) is 1.33. The van der Waals surface area contributed by atoms with Crippen LogP contribution in [0.5, 0.6) is 0 Å². The summed E-state index contributed by atoms with van der Waals surface area (Å²) in [6.07, 6.45) is 2.57. The first kappa shape index (κ1) is 14.0. The van der Waals surface area contributed by atoms with Crippen LogP contribution in [0.3, 0.4) is 0 Å². The van der Waals surface area contributed by atoms with Gasteiger partial charge in [-0.05, 0) is 40.0 Å². The van der Waals surface area contributed by atoms with Gasteiger partial charge in [0.05, 0.1) is 6.04 Å². The van der Waals surface area contributed by atoms with E-state index in [0.29, 0.717) is 12.5 Å². The predicted molar refractivity (Wildman–Crippen MR) is 64.2 cm³/mol. The third kappa shape index (κ3) is 6.26. The molecule has 5 heteroatoms. The summed E-state index contributed by atoms with van der Waals surface area (Å²) in [5.74, 6) is -0.483. The number of nitrogens with one attached hydrogen (secondary N) is 1. The first-order chi connectivity index (χ1) is 7.78. The highest BCUT2D eigenvalue weighted by atomic mass is 16.6. The summed E-state index contributed by atoms with van der Waals surface area (Å²) < 4.78 is 5.14. The van der Waals surface area contributed by atoms with Crippen molar-refractivity contribution in [2.24, 2.45) is 5.73 Å².